The highest BCUT2D eigenvalue weighted by atomic mass is 35.5. The summed E-state index contributed by atoms with van der Waals surface area (Å²) in [7, 11) is 0. The predicted molar refractivity (Wildman–Crippen MR) is 116 cm³/mol. The number of halogens is 2. The molecule has 5 nitrogen and oxygen atoms in total. The van der Waals surface area contributed by atoms with Crippen molar-refractivity contribution in [3.8, 4) is 5.69 Å². The van der Waals surface area contributed by atoms with Crippen LogP contribution in [0.3, 0.4) is 0 Å². The number of nitrogens with zero attached hydrogens (tertiary/aromatic N) is 2. The summed E-state index contributed by atoms with van der Waals surface area (Å²) in [6, 6.07) is 15.6. The van der Waals surface area contributed by atoms with E-state index >= 15 is 0 Å². The quantitative estimate of drug-likeness (QED) is 0.444. The van der Waals surface area contributed by atoms with Gasteiger partial charge in [-0.15, -0.1) is 0 Å². The molecule has 1 saturated heterocycles. The molecule has 2 aromatic carbocycles. The van der Waals surface area contributed by atoms with Crippen molar-refractivity contribution in [2.24, 2.45) is 0 Å². The van der Waals surface area contributed by atoms with Crippen molar-refractivity contribution in [3.63, 3.8) is 0 Å². The zero-order chi connectivity index (χ0) is 20.7. The molecule has 1 fully saturated rings. The molecule has 0 radical (unpaired) electrons. The largest absolute Gasteiger partial charge is 0.333 e. The van der Waals surface area contributed by atoms with Crippen LogP contribution in [0.4, 0.5) is 10.5 Å². The Labute approximate surface area is 178 Å². The highest BCUT2D eigenvalue weighted by molar-refractivity contribution is 6.31. The van der Waals surface area contributed by atoms with E-state index in [4.69, 9.17) is 23.2 Å². The fourth-order valence-electron chi connectivity index (χ4n) is 3.44. The number of hydrogen-bond acceptors (Lipinski definition) is 2. The number of carbonyl (C=O) groups is 2. The molecule has 146 valence electrons. The highest BCUT2D eigenvalue weighted by Crippen LogP contribution is 2.27. The van der Waals surface area contributed by atoms with Gasteiger partial charge in [0.1, 0.15) is 5.70 Å². The van der Waals surface area contributed by atoms with Gasteiger partial charge in [0.2, 0.25) is 0 Å². The molecule has 4 rings (SSSR count). The van der Waals surface area contributed by atoms with Crippen molar-refractivity contribution < 1.29 is 9.59 Å². The molecule has 1 aliphatic rings. The maximum Gasteiger partial charge on any atom is 0.333 e. The Kier molecular flexibility index (Phi) is 4.94. The molecule has 1 aliphatic heterocycles. The fourth-order valence-corrected chi connectivity index (χ4v) is 3.69. The smallest absolute Gasteiger partial charge is 0.318 e. The number of anilines is 1. The first-order chi connectivity index (χ1) is 13.8. The summed E-state index contributed by atoms with van der Waals surface area (Å²) in [6.07, 6.45) is 1.70. The van der Waals surface area contributed by atoms with Gasteiger partial charge in [0, 0.05) is 27.1 Å². The lowest BCUT2D eigenvalue weighted by Crippen LogP contribution is -2.30. The normalized spacial score (nSPS) is 15.3. The van der Waals surface area contributed by atoms with Gasteiger partial charge in [-0.2, -0.15) is 0 Å². The van der Waals surface area contributed by atoms with Crippen LogP contribution in [-0.4, -0.2) is 16.5 Å². The molecule has 0 spiro atoms. The van der Waals surface area contributed by atoms with Crippen LogP contribution in [0.15, 0.2) is 60.3 Å². The molecule has 3 aromatic rings. The average Bonchev–Trinajstić information content (AvgIpc) is 3.12. The Bertz CT molecular complexity index is 1150. The van der Waals surface area contributed by atoms with E-state index in [-0.39, 0.29) is 5.70 Å². The average molecular weight is 426 g/mol. The molecular weight excluding hydrogens is 409 g/mol. The summed E-state index contributed by atoms with van der Waals surface area (Å²) in [5, 5.41) is 3.86. The standard InChI is InChI=1S/C22H17Cl2N3O2/c1-13-11-15(14(2)26(13)18-7-3-16(23)4-8-18)12-20-21(28)27(22(29)25-20)19-9-5-17(24)6-10-19/h3-12H,1-2H3,(H,25,29). The molecule has 0 unspecified atom stereocenters. The van der Waals surface area contributed by atoms with E-state index in [0.29, 0.717) is 15.7 Å². The monoisotopic (exact) mass is 425 g/mol. The van der Waals surface area contributed by atoms with Gasteiger partial charge in [-0.1, -0.05) is 23.2 Å². The summed E-state index contributed by atoms with van der Waals surface area (Å²) in [5.41, 5.74) is 4.46. The van der Waals surface area contributed by atoms with Crippen molar-refractivity contribution >= 4 is 46.9 Å². The van der Waals surface area contributed by atoms with Gasteiger partial charge in [-0.05, 0) is 80.1 Å². The first kappa shape index (κ1) is 19.3. The minimum Gasteiger partial charge on any atom is -0.318 e. The molecule has 0 saturated carbocycles. The zero-order valence-corrected chi connectivity index (χ0v) is 17.3. The summed E-state index contributed by atoms with van der Waals surface area (Å²) in [5.74, 6) is -0.409. The third-order valence-corrected chi connectivity index (χ3v) is 5.32. The van der Waals surface area contributed by atoms with Crippen LogP contribution in [0.1, 0.15) is 17.0 Å². The Morgan fingerprint density at radius 2 is 1.41 bits per heavy atom. The Morgan fingerprint density at radius 3 is 2.00 bits per heavy atom. The number of carbonyl (C=O) groups excluding carboxylic acids is 2. The van der Waals surface area contributed by atoms with Gasteiger partial charge in [-0.25, -0.2) is 9.69 Å². The van der Waals surface area contributed by atoms with Gasteiger partial charge in [-0.3, -0.25) is 4.79 Å². The number of aryl methyl sites for hydroxylation is 1. The number of imide groups is 1. The van der Waals surface area contributed by atoms with Crippen LogP contribution in [0.2, 0.25) is 10.0 Å². The number of rotatable bonds is 3. The number of aromatic nitrogens is 1. The second-order valence-corrected chi connectivity index (χ2v) is 7.62. The molecule has 0 bridgehead atoms. The summed E-state index contributed by atoms with van der Waals surface area (Å²) < 4.78 is 2.07. The second kappa shape index (κ2) is 7.43. The van der Waals surface area contributed by atoms with Gasteiger partial charge < -0.3 is 9.88 Å². The predicted octanol–water partition coefficient (Wildman–Crippen LogP) is 5.50. The number of hydrogen-bond donors (Lipinski definition) is 1. The van der Waals surface area contributed by atoms with Gasteiger partial charge in [0.05, 0.1) is 5.69 Å². The highest BCUT2D eigenvalue weighted by Gasteiger charge is 2.35. The van der Waals surface area contributed by atoms with Gasteiger partial charge in [0.25, 0.3) is 5.91 Å². The molecule has 29 heavy (non-hydrogen) atoms. The van der Waals surface area contributed by atoms with E-state index in [1.54, 1.807) is 30.3 Å². The first-order valence-electron chi connectivity index (χ1n) is 8.93. The van der Waals surface area contributed by atoms with E-state index in [1.807, 2.05) is 44.2 Å². The Balaban J connectivity index is 1.69. The number of nitrogens with one attached hydrogen (secondary N) is 1. The summed E-state index contributed by atoms with van der Waals surface area (Å²) in [6.45, 7) is 3.95. The minimum absolute atomic E-state index is 0.223. The number of amides is 3. The summed E-state index contributed by atoms with van der Waals surface area (Å²) in [4.78, 5) is 26.3. The van der Waals surface area contributed by atoms with Crippen molar-refractivity contribution in [1.29, 1.82) is 0 Å². The molecule has 0 aliphatic carbocycles. The van der Waals surface area contributed by atoms with Crippen molar-refractivity contribution in [3.05, 3.63) is 87.3 Å². The molecule has 3 amide bonds. The summed E-state index contributed by atoms with van der Waals surface area (Å²) >= 11 is 11.9. The van der Waals surface area contributed by atoms with E-state index in [9.17, 15) is 9.59 Å². The van der Waals surface area contributed by atoms with Crippen LogP contribution in [-0.2, 0) is 4.79 Å². The molecule has 7 heteroatoms. The van der Waals surface area contributed by atoms with Crippen LogP contribution >= 0.6 is 23.2 Å². The van der Waals surface area contributed by atoms with Crippen LogP contribution < -0.4 is 10.2 Å². The van der Waals surface area contributed by atoms with Crippen LogP contribution in [0, 0.1) is 13.8 Å². The number of urea groups is 1. The van der Waals surface area contributed by atoms with Crippen molar-refractivity contribution in [2.45, 2.75) is 13.8 Å². The van der Waals surface area contributed by atoms with Gasteiger partial charge >= 0.3 is 6.03 Å². The van der Waals surface area contributed by atoms with E-state index in [2.05, 4.69) is 9.88 Å². The SMILES string of the molecule is Cc1cc(C=C2NC(=O)N(c3ccc(Cl)cc3)C2=O)c(C)n1-c1ccc(Cl)cc1. The number of benzene rings is 2. The fraction of sp³-hybridized carbons (Fsp3) is 0.0909. The topological polar surface area (TPSA) is 54.3 Å². The van der Waals surface area contributed by atoms with Gasteiger partial charge in [0.15, 0.2) is 0 Å². The van der Waals surface area contributed by atoms with Crippen LogP contribution in [0.5, 0.6) is 0 Å². The lowest BCUT2D eigenvalue weighted by atomic mass is 10.2. The third kappa shape index (κ3) is 3.55. The Morgan fingerprint density at radius 1 is 0.862 bits per heavy atom. The maximum atomic E-state index is 12.8. The minimum atomic E-state index is -0.491. The molecular formula is C22H17Cl2N3O2. The van der Waals surface area contributed by atoms with Crippen LogP contribution in [0.25, 0.3) is 11.8 Å². The first-order valence-corrected chi connectivity index (χ1v) is 9.68. The zero-order valence-electron chi connectivity index (χ0n) is 15.7. The lowest BCUT2D eigenvalue weighted by Gasteiger charge is -2.11. The molecule has 1 aromatic heterocycles. The molecule has 0 atom stereocenters. The van der Waals surface area contributed by atoms with E-state index in [1.165, 1.54) is 0 Å². The second-order valence-electron chi connectivity index (χ2n) is 6.74. The van der Waals surface area contributed by atoms with E-state index in [0.717, 1.165) is 27.5 Å². The molecule has 2 heterocycles. The third-order valence-electron chi connectivity index (χ3n) is 4.82. The van der Waals surface area contributed by atoms with E-state index < -0.39 is 11.9 Å². The Hall–Kier alpha value is -3.02. The lowest BCUT2D eigenvalue weighted by molar-refractivity contribution is -0.113. The van der Waals surface area contributed by atoms with Crippen molar-refractivity contribution in [1.82, 2.24) is 9.88 Å². The van der Waals surface area contributed by atoms with Crippen molar-refractivity contribution in [2.75, 3.05) is 4.90 Å². The molecule has 1 N–H and O–H groups in total. The maximum absolute atomic E-state index is 12.8.